The maximum Gasteiger partial charge on any atom is 0.262 e. The number of para-hydroxylation sites is 1. The molecular weight excluding hydrogens is 406 g/mol. The minimum absolute atomic E-state index is 0.155. The lowest BCUT2D eigenvalue weighted by molar-refractivity contribution is -0.118. The number of ether oxygens (including phenoxy) is 1. The molecule has 0 aliphatic heterocycles. The van der Waals surface area contributed by atoms with E-state index in [-0.39, 0.29) is 24.3 Å². The van der Waals surface area contributed by atoms with Crippen LogP contribution in [0.15, 0.2) is 84.9 Å². The first kappa shape index (κ1) is 22.3. The van der Waals surface area contributed by atoms with Gasteiger partial charge in [0.25, 0.3) is 11.8 Å². The summed E-state index contributed by atoms with van der Waals surface area (Å²) in [5.74, 6) is -0.312. The Balaban J connectivity index is 1.51. The van der Waals surface area contributed by atoms with Gasteiger partial charge in [0.15, 0.2) is 6.61 Å². The molecule has 0 atom stereocenters. The fourth-order valence-corrected chi connectivity index (χ4v) is 2.78. The largest absolute Gasteiger partial charge is 0.484 e. The molecule has 0 heterocycles. The number of hydrogen-bond donors (Lipinski definition) is 3. The third kappa shape index (κ3) is 6.84. The van der Waals surface area contributed by atoms with Gasteiger partial charge in [-0.1, -0.05) is 36.4 Å². The van der Waals surface area contributed by atoms with Gasteiger partial charge in [-0.15, -0.1) is 0 Å². The average Bonchev–Trinajstić information content (AvgIpc) is 2.82. The number of anilines is 2. The van der Waals surface area contributed by atoms with Crippen LogP contribution in [-0.4, -0.2) is 31.4 Å². The number of hydrogen-bond acceptors (Lipinski definition) is 4. The number of rotatable bonds is 8. The van der Waals surface area contributed by atoms with Gasteiger partial charge in [0.05, 0.1) is 0 Å². The lowest BCUT2D eigenvalue weighted by Gasteiger charge is -2.09. The van der Waals surface area contributed by atoms with Crippen molar-refractivity contribution in [3.63, 3.8) is 0 Å². The van der Waals surface area contributed by atoms with Crippen LogP contribution in [0.2, 0.25) is 0 Å². The van der Waals surface area contributed by atoms with Crippen molar-refractivity contribution in [2.45, 2.75) is 0 Å². The van der Waals surface area contributed by atoms with Gasteiger partial charge >= 0.3 is 0 Å². The molecule has 0 aromatic heterocycles. The third-order valence-electron chi connectivity index (χ3n) is 4.36. The molecule has 162 valence electrons. The maximum atomic E-state index is 12.2. The van der Waals surface area contributed by atoms with Gasteiger partial charge < -0.3 is 20.7 Å². The first-order valence-corrected chi connectivity index (χ1v) is 9.92. The van der Waals surface area contributed by atoms with Crippen LogP contribution < -0.4 is 20.7 Å². The Hall–Kier alpha value is -4.39. The molecule has 7 nitrogen and oxygen atoms in total. The van der Waals surface area contributed by atoms with Crippen LogP contribution >= 0.6 is 0 Å². The molecule has 0 unspecified atom stereocenters. The Labute approximate surface area is 186 Å². The van der Waals surface area contributed by atoms with Crippen molar-refractivity contribution in [3.8, 4) is 5.75 Å². The van der Waals surface area contributed by atoms with E-state index in [4.69, 9.17) is 4.74 Å². The quantitative estimate of drug-likeness (QED) is 0.476. The number of benzene rings is 3. The SMILES string of the molecule is CNC(=O)c1ccc(C=CC(=O)Nc2cccc(OCC(=O)Nc3ccccc3)c2)cc1. The number of carbonyl (C=O) groups is 3. The molecule has 3 aromatic carbocycles. The Kier molecular flexibility index (Phi) is 7.75. The van der Waals surface area contributed by atoms with Gasteiger partial charge in [-0.05, 0) is 48.0 Å². The second-order valence-corrected chi connectivity index (χ2v) is 6.75. The zero-order chi connectivity index (χ0) is 22.8. The minimum Gasteiger partial charge on any atom is -0.484 e. The van der Waals surface area contributed by atoms with E-state index >= 15 is 0 Å². The van der Waals surface area contributed by atoms with Crippen LogP contribution in [0.4, 0.5) is 11.4 Å². The summed E-state index contributed by atoms with van der Waals surface area (Å²) in [7, 11) is 1.57. The van der Waals surface area contributed by atoms with E-state index in [0.717, 1.165) is 5.56 Å². The van der Waals surface area contributed by atoms with Crippen molar-refractivity contribution in [1.82, 2.24) is 5.32 Å². The molecule has 3 aromatic rings. The molecule has 0 saturated heterocycles. The monoisotopic (exact) mass is 429 g/mol. The predicted octanol–water partition coefficient (Wildman–Crippen LogP) is 3.72. The molecule has 32 heavy (non-hydrogen) atoms. The summed E-state index contributed by atoms with van der Waals surface area (Å²) in [5, 5.41) is 8.04. The third-order valence-corrected chi connectivity index (χ3v) is 4.36. The van der Waals surface area contributed by atoms with Crippen LogP contribution in [0.1, 0.15) is 15.9 Å². The molecule has 3 rings (SSSR count). The summed E-state index contributed by atoms with van der Waals surface area (Å²) in [4.78, 5) is 35.8. The lowest BCUT2D eigenvalue weighted by atomic mass is 10.1. The summed E-state index contributed by atoms with van der Waals surface area (Å²) < 4.78 is 5.52. The highest BCUT2D eigenvalue weighted by molar-refractivity contribution is 6.02. The van der Waals surface area contributed by atoms with Crippen molar-refractivity contribution in [1.29, 1.82) is 0 Å². The van der Waals surface area contributed by atoms with Crippen molar-refractivity contribution in [2.75, 3.05) is 24.3 Å². The van der Waals surface area contributed by atoms with Gasteiger partial charge in [0.2, 0.25) is 5.91 Å². The molecule has 0 saturated carbocycles. The summed E-state index contributed by atoms with van der Waals surface area (Å²) in [6.45, 7) is -0.155. The number of nitrogens with one attached hydrogen (secondary N) is 3. The molecule has 7 heteroatoms. The first-order chi connectivity index (χ1) is 15.5. The Morgan fingerprint density at radius 1 is 0.844 bits per heavy atom. The first-order valence-electron chi connectivity index (χ1n) is 9.92. The van der Waals surface area contributed by atoms with Gasteiger partial charge in [-0.25, -0.2) is 0 Å². The van der Waals surface area contributed by atoms with E-state index in [0.29, 0.717) is 22.7 Å². The van der Waals surface area contributed by atoms with Crippen LogP contribution in [0, 0.1) is 0 Å². The van der Waals surface area contributed by atoms with Crippen LogP contribution in [-0.2, 0) is 9.59 Å². The average molecular weight is 429 g/mol. The van der Waals surface area contributed by atoms with Crippen LogP contribution in [0.3, 0.4) is 0 Å². The van der Waals surface area contributed by atoms with Gasteiger partial charge in [-0.2, -0.15) is 0 Å². The molecular formula is C25H23N3O4. The highest BCUT2D eigenvalue weighted by Crippen LogP contribution is 2.18. The summed E-state index contributed by atoms with van der Waals surface area (Å²) in [6.07, 6.45) is 3.05. The molecule has 0 aliphatic rings. The summed E-state index contributed by atoms with van der Waals surface area (Å²) in [6, 6.07) is 22.8. The molecule has 3 amide bonds. The molecule has 0 fully saturated rings. The fourth-order valence-electron chi connectivity index (χ4n) is 2.78. The second kappa shape index (κ2) is 11.1. The zero-order valence-electron chi connectivity index (χ0n) is 17.5. The molecule has 3 N–H and O–H groups in total. The lowest BCUT2D eigenvalue weighted by Crippen LogP contribution is -2.20. The topological polar surface area (TPSA) is 96.5 Å². The van der Waals surface area contributed by atoms with E-state index < -0.39 is 0 Å². The van der Waals surface area contributed by atoms with Gasteiger partial charge in [0, 0.05) is 36.1 Å². The van der Waals surface area contributed by atoms with E-state index in [1.165, 1.54) is 6.08 Å². The van der Waals surface area contributed by atoms with E-state index in [9.17, 15) is 14.4 Å². The molecule has 0 aliphatic carbocycles. The summed E-state index contributed by atoms with van der Waals surface area (Å²) in [5.41, 5.74) is 2.56. The normalized spacial score (nSPS) is 10.4. The van der Waals surface area contributed by atoms with Crippen molar-refractivity contribution in [2.24, 2.45) is 0 Å². The zero-order valence-corrected chi connectivity index (χ0v) is 17.5. The van der Waals surface area contributed by atoms with Gasteiger partial charge in [-0.3, -0.25) is 14.4 Å². The predicted molar refractivity (Wildman–Crippen MR) is 125 cm³/mol. The molecule has 0 spiro atoms. The second-order valence-electron chi connectivity index (χ2n) is 6.75. The van der Waals surface area contributed by atoms with E-state index in [1.54, 1.807) is 73.8 Å². The number of amides is 3. The van der Waals surface area contributed by atoms with Crippen molar-refractivity contribution >= 4 is 35.2 Å². The summed E-state index contributed by atoms with van der Waals surface area (Å²) >= 11 is 0. The smallest absolute Gasteiger partial charge is 0.262 e. The van der Waals surface area contributed by atoms with Crippen molar-refractivity contribution < 1.29 is 19.1 Å². The minimum atomic E-state index is -0.320. The van der Waals surface area contributed by atoms with Crippen LogP contribution in [0.5, 0.6) is 5.75 Å². The fraction of sp³-hybridized carbons (Fsp3) is 0.0800. The standard InChI is InChI=1S/C25H23N3O4/c1-26-25(31)19-13-10-18(11-14-19)12-15-23(29)28-21-8-5-9-22(16-21)32-17-24(30)27-20-6-3-2-4-7-20/h2-16H,17H2,1H3,(H,26,31)(H,27,30)(H,28,29). The van der Waals surface area contributed by atoms with Gasteiger partial charge in [0.1, 0.15) is 5.75 Å². The number of carbonyl (C=O) groups excluding carboxylic acids is 3. The Morgan fingerprint density at radius 3 is 2.28 bits per heavy atom. The highest BCUT2D eigenvalue weighted by atomic mass is 16.5. The Morgan fingerprint density at radius 2 is 1.56 bits per heavy atom. The molecule has 0 radical (unpaired) electrons. The maximum absolute atomic E-state index is 12.2. The van der Waals surface area contributed by atoms with Crippen molar-refractivity contribution in [3.05, 3.63) is 96.1 Å². The van der Waals surface area contributed by atoms with Crippen LogP contribution in [0.25, 0.3) is 6.08 Å². The highest BCUT2D eigenvalue weighted by Gasteiger charge is 2.05. The Bertz CT molecular complexity index is 1110. The molecule has 0 bridgehead atoms. The van der Waals surface area contributed by atoms with E-state index in [1.807, 2.05) is 18.2 Å². The van der Waals surface area contributed by atoms with E-state index in [2.05, 4.69) is 16.0 Å².